The molecule has 0 aliphatic heterocycles. The minimum atomic E-state index is -0.196. The van der Waals surface area contributed by atoms with Crippen LogP contribution in [0.4, 0.5) is 0 Å². The highest BCUT2D eigenvalue weighted by atomic mass is 79.9. The number of esters is 1. The van der Waals surface area contributed by atoms with Crippen LogP contribution in [0.25, 0.3) is 0 Å². The lowest BCUT2D eigenvalue weighted by Crippen LogP contribution is -2.23. The smallest absolute Gasteiger partial charge is 0.307 e. The number of ether oxygens (including phenoxy) is 1. The first-order valence-corrected chi connectivity index (χ1v) is 8.31. The van der Waals surface area contributed by atoms with Crippen molar-refractivity contribution in [3.8, 4) is 0 Å². The number of methoxy groups -OCH3 is 1. The highest BCUT2D eigenvalue weighted by Gasteiger charge is 2.17. The molecular formula is C13H14BrNO2S2. The van der Waals surface area contributed by atoms with Gasteiger partial charge in [0.05, 0.1) is 19.6 Å². The van der Waals surface area contributed by atoms with Crippen molar-refractivity contribution in [2.45, 2.75) is 19.0 Å². The van der Waals surface area contributed by atoms with E-state index in [0.717, 1.165) is 15.9 Å². The molecule has 102 valence electrons. The van der Waals surface area contributed by atoms with Gasteiger partial charge < -0.3 is 10.1 Å². The normalized spacial score (nSPS) is 12.3. The summed E-state index contributed by atoms with van der Waals surface area (Å²) in [7, 11) is 1.42. The second-order valence-electron chi connectivity index (χ2n) is 3.96. The summed E-state index contributed by atoms with van der Waals surface area (Å²) in [6, 6.07) is 6.12. The van der Waals surface area contributed by atoms with E-state index >= 15 is 0 Å². The monoisotopic (exact) mass is 359 g/mol. The van der Waals surface area contributed by atoms with Gasteiger partial charge >= 0.3 is 5.97 Å². The zero-order chi connectivity index (χ0) is 13.7. The lowest BCUT2D eigenvalue weighted by Gasteiger charge is -2.15. The van der Waals surface area contributed by atoms with Crippen molar-refractivity contribution in [2.24, 2.45) is 0 Å². The van der Waals surface area contributed by atoms with Gasteiger partial charge in [0.2, 0.25) is 0 Å². The molecule has 3 nitrogen and oxygen atoms in total. The number of rotatable bonds is 6. The molecule has 1 N–H and O–H groups in total. The fourth-order valence-electron chi connectivity index (χ4n) is 1.68. The highest BCUT2D eigenvalue weighted by molar-refractivity contribution is 9.10. The minimum Gasteiger partial charge on any atom is -0.469 e. The van der Waals surface area contributed by atoms with Gasteiger partial charge in [-0.2, -0.15) is 0 Å². The van der Waals surface area contributed by atoms with E-state index in [-0.39, 0.29) is 12.0 Å². The van der Waals surface area contributed by atoms with Crippen LogP contribution in [-0.4, -0.2) is 13.1 Å². The average Bonchev–Trinajstić information content (AvgIpc) is 3.05. The predicted molar refractivity (Wildman–Crippen MR) is 82.6 cm³/mol. The van der Waals surface area contributed by atoms with Gasteiger partial charge in [-0.1, -0.05) is 6.07 Å². The Kier molecular flexibility index (Phi) is 5.57. The first-order chi connectivity index (χ1) is 9.19. The molecule has 0 bridgehead atoms. The summed E-state index contributed by atoms with van der Waals surface area (Å²) in [5.74, 6) is -0.196. The summed E-state index contributed by atoms with van der Waals surface area (Å²) >= 11 is 6.78. The predicted octanol–water partition coefficient (Wildman–Crippen LogP) is 3.97. The summed E-state index contributed by atoms with van der Waals surface area (Å²) in [4.78, 5) is 13.9. The third-order valence-corrected chi connectivity index (χ3v) is 5.31. The summed E-state index contributed by atoms with van der Waals surface area (Å²) in [6.07, 6.45) is 0.351. The Hall–Kier alpha value is -0.690. The number of carbonyl (C=O) groups is 1. The SMILES string of the molecule is COC(=O)CC(NCc1cc(Br)cs1)c1cccs1. The number of nitrogens with one attached hydrogen (secondary N) is 1. The quantitative estimate of drug-likeness (QED) is 0.793. The molecule has 1 unspecified atom stereocenters. The molecule has 2 rings (SSSR count). The van der Waals surface area contributed by atoms with Crippen LogP contribution in [0.3, 0.4) is 0 Å². The topological polar surface area (TPSA) is 38.3 Å². The largest absolute Gasteiger partial charge is 0.469 e. The number of thiophene rings is 2. The summed E-state index contributed by atoms with van der Waals surface area (Å²) in [5, 5.41) is 7.49. The Morgan fingerprint density at radius 3 is 2.95 bits per heavy atom. The molecule has 2 aromatic rings. The lowest BCUT2D eigenvalue weighted by molar-refractivity contribution is -0.141. The third-order valence-electron chi connectivity index (χ3n) is 2.63. The Morgan fingerprint density at radius 2 is 2.37 bits per heavy atom. The van der Waals surface area contributed by atoms with E-state index in [9.17, 15) is 4.79 Å². The van der Waals surface area contributed by atoms with Gasteiger partial charge in [-0.3, -0.25) is 4.79 Å². The molecule has 1 atom stereocenters. The van der Waals surface area contributed by atoms with E-state index in [4.69, 9.17) is 4.74 Å². The van der Waals surface area contributed by atoms with Gasteiger partial charge in [0.25, 0.3) is 0 Å². The zero-order valence-corrected chi connectivity index (χ0v) is 13.6. The molecule has 6 heteroatoms. The summed E-state index contributed by atoms with van der Waals surface area (Å²) < 4.78 is 5.85. The number of hydrogen-bond acceptors (Lipinski definition) is 5. The fourth-order valence-corrected chi connectivity index (χ4v) is 3.89. The number of carbonyl (C=O) groups excluding carboxylic acids is 1. The number of hydrogen-bond donors (Lipinski definition) is 1. The van der Waals surface area contributed by atoms with Crippen LogP contribution < -0.4 is 5.32 Å². The molecule has 0 radical (unpaired) electrons. The van der Waals surface area contributed by atoms with E-state index in [2.05, 4.69) is 32.7 Å². The van der Waals surface area contributed by atoms with Crippen molar-refractivity contribution < 1.29 is 9.53 Å². The maximum absolute atomic E-state index is 11.5. The van der Waals surface area contributed by atoms with Crippen molar-refractivity contribution in [3.63, 3.8) is 0 Å². The Balaban J connectivity index is 1.99. The van der Waals surface area contributed by atoms with Crippen LogP contribution in [0.5, 0.6) is 0 Å². The van der Waals surface area contributed by atoms with Crippen LogP contribution in [0.15, 0.2) is 33.4 Å². The molecule has 0 aromatic carbocycles. The molecule has 0 aliphatic rings. The second kappa shape index (κ2) is 7.19. The van der Waals surface area contributed by atoms with Gasteiger partial charge in [0, 0.05) is 26.2 Å². The number of halogens is 1. The zero-order valence-electron chi connectivity index (χ0n) is 10.4. The van der Waals surface area contributed by atoms with Crippen LogP contribution in [0, 0.1) is 0 Å². The molecular weight excluding hydrogens is 346 g/mol. The molecule has 0 amide bonds. The Bertz CT molecular complexity index is 524. The standard InChI is InChI=1S/C13H14BrNO2S2/c1-17-13(16)6-11(12-3-2-4-18-12)15-7-10-5-9(14)8-19-10/h2-5,8,11,15H,6-7H2,1H3. The van der Waals surface area contributed by atoms with Crippen LogP contribution in [-0.2, 0) is 16.1 Å². The van der Waals surface area contributed by atoms with Crippen molar-refractivity contribution in [3.05, 3.63) is 43.2 Å². The molecule has 0 spiro atoms. The van der Waals surface area contributed by atoms with E-state index in [1.807, 2.05) is 17.5 Å². The molecule has 2 aromatic heterocycles. The van der Waals surface area contributed by atoms with E-state index < -0.39 is 0 Å². The van der Waals surface area contributed by atoms with Crippen LogP contribution >= 0.6 is 38.6 Å². The van der Waals surface area contributed by atoms with Crippen LogP contribution in [0.2, 0.25) is 0 Å². The van der Waals surface area contributed by atoms with Crippen molar-refractivity contribution in [1.82, 2.24) is 5.32 Å². The third kappa shape index (κ3) is 4.42. The maximum atomic E-state index is 11.5. The Labute approximate surface area is 128 Å². The van der Waals surface area contributed by atoms with E-state index in [1.165, 1.54) is 12.0 Å². The summed E-state index contributed by atoms with van der Waals surface area (Å²) in [6.45, 7) is 0.746. The second-order valence-corrected chi connectivity index (χ2v) is 6.85. The average molecular weight is 360 g/mol. The molecule has 2 heterocycles. The van der Waals surface area contributed by atoms with Crippen LogP contribution in [0.1, 0.15) is 22.2 Å². The van der Waals surface area contributed by atoms with Gasteiger partial charge in [-0.15, -0.1) is 22.7 Å². The van der Waals surface area contributed by atoms with Crippen molar-refractivity contribution in [2.75, 3.05) is 7.11 Å². The molecule has 0 saturated heterocycles. The van der Waals surface area contributed by atoms with E-state index in [0.29, 0.717) is 6.42 Å². The maximum Gasteiger partial charge on any atom is 0.307 e. The highest BCUT2D eigenvalue weighted by Crippen LogP contribution is 2.25. The van der Waals surface area contributed by atoms with Gasteiger partial charge in [0.15, 0.2) is 0 Å². The fraction of sp³-hybridized carbons (Fsp3) is 0.308. The molecule has 0 fully saturated rings. The van der Waals surface area contributed by atoms with Gasteiger partial charge in [-0.05, 0) is 33.4 Å². The van der Waals surface area contributed by atoms with E-state index in [1.54, 1.807) is 22.7 Å². The Morgan fingerprint density at radius 1 is 1.53 bits per heavy atom. The molecule has 19 heavy (non-hydrogen) atoms. The van der Waals surface area contributed by atoms with Gasteiger partial charge in [0.1, 0.15) is 0 Å². The molecule has 0 saturated carbocycles. The molecule has 0 aliphatic carbocycles. The van der Waals surface area contributed by atoms with Gasteiger partial charge in [-0.25, -0.2) is 0 Å². The minimum absolute atomic E-state index is 0.00771. The first-order valence-electron chi connectivity index (χ1n) is 5.75. The van der Waals surface area contributed by atoms with Crippen molar-refractivity contribution >= 4 is 44.6 Å². The first kappa shape index (κ1) is 14.7. The van der Waals surface area contributed by atoms with Crippen molar-refractivity contribution in [1.29, 1.82) is 0 Å². The summed E-state index contributed by atoms with van der Waals surface area (Å²) in [5.41, 5.74) is 0. The lowest BCUT2D eigenvalue weighted by atomic mass is 10.1.